The van der Waals surface area contributed by atoms with E-state index < -0.39 is 0 Å². The van der Waals surface area contributed by atoms with Crippen LogP contribution in [0, 0.1) is 20.8 Å². The molecule has 0 aliphatic carbocycles. The van der Waals surface area contributed by atoms with E-state index >= 15 is 0 Å². The van der Waals surface area contributed by atoms with Gasteiger partial charge in [-0.2, -0.15) is 0 Å². The Morgan fingerprint density at radius 1 is 1.00 bits per heavy atom. The largest absolute Gasteiger partial charge is 0.400 e. The van der Waals surface area contributed by atoms with Gasteiger partial charge in [0.05, 0.1) is 0 Å². The molecule has 68 valence electrons. The highest BCUT2D eigenvalue weighted by Gasteiger charge is 1.96. The van der Waals surface area contributed by atoms with E-state index in [0.717, 1.165) is 12.0 Å². The molecule has 1 nitrogen and oxygen atoms in total. The van der Waals surface area contributed by atoms with Gasteiger partial charge in [-0.15, -0.1) is 12.6 Å². The van der Waals surface area contributed by atoms with E-state index in [4.69, 9.17) is 5.11 Å². The van der Waals surface area contributed by atoms with Crippen molar-refractivity contribution in [3.05, 3.63) is 28.8 Å². The van der Waals surface area contributed by atoms with Crippen molar-refractivity contribution in [2.45, 2.75) is 25.7 Å². The third kappa shape index (κ3) is 2.88. The van der Waals surface area contributed by atoms with Crippen LogP contribution in [0.4, 0.5) is 0 Å². The van der Waals surface area contributed by atoms with Crippen LogP contribution in [0.2, 0.25) is 0 Å². The monoisotopic (exact) mass is 184 g/mol. The number of rotatable bonds is 0. The number of aliphatic hydroxyl groups excluding tert-OH is 1. The van der Waals surface area contributed by atoms with Crippen molar-refractivity contribution in [3.63, 3.8) is 0 Å². The van der Waals surface area contributed by atoms with Crippen LogP contribution in [0.1, 0.15) is 16.7 Å². The first-order valence-electron chi connectivity index (χ1n) is 3.83. The van der Waals surface area contributed by atoms with Crippen LogP contribution in [0.15, 0.2) is 17.0 Å². The summed E-state index contributed by atoms with van der Waals surface area (Å²) in [6.07, 6.45) is 0. The Balaban J connectivity index is 0.000000561. The van der Waals surface area contributed by atoms with E-state index in [9.17, 15) is 0 Å². The molecule has 0 amide bonds. The highest BCUT2D eigenvalue weighted by Crippen LogP contribution is 2.19. The van der Waals surface area contributed by atoms with Crippen LogP contribution < -0.4 is 0 Å². The first-order chi connectivity index (χ1) is 5.61. The molecule has 0 aromatic heterocycles. The van der Waals surface area contributed by atoms with E-state index in [1.165, 1.54) is 16.7 Å². The van der Waals surface area contributed by atoms with Crippen LogP contribution in [-0.2, 0) is 0 Å². The summed E-state index contributed by atoms with van der Waals surface area (Å²) in [6.45, 7) is 6.28. The molecule has 0 bridgehead atoms. The minimum atomic E-state index is 1.00. The predicted octanol–water partition coefficient (Wildman–Crippen LogP) is 2.51. The summed E-state index contributed by atoms with van der Waals surface area (Å²) >= 11 is 4.36. The first-order valence-corrected chi connectivity index (χ1v) is 4.27. The Morgan fingerprint density at radius 2 is 1.33 bits per heavy atom. The van der Waals surface area contributed by atoms with Crippen LogP contribution in [0.3, 0.4) is 0 Å². The number of thiol groups is 1. The molecular formula is C10H16OS. The van der Waals surface area contributed by atoms with Crippen LogP contribution in [-0.4, -0.2) is 12.2 Å². The minimum absolute atomic E-state index is 1.00. The predicted molar refractivity (Wildman–Crippen MR) is 56.0 cm³/mol. The molecule has 0 saturated carbocycles. The third-order valence-electron chi connectivity index (χ3n) is 1.64. The summed E-state index contributed by atoms with van der Waals surface area (Å²) in [4.78, 5) is 1.12. The summed E-state index contributed by atoms with van der Waals surface area (Å²) < 4.78 is 0. The van der Waals surface area contributed by atoms with Crippen molar-refractivity contribution in [2.24, 2.45) is 0 Å². The fraction of sp³-hybridized carbons (Fsp3) is 0.400. The molecular weight excluding hydrogens is 168 g/mol. The molecule has 0 fully saturated rings. The van der Waals surface area contributed by atoms with Crippen molar-refractivity contribution in [1.82, 2.24) is 0 Å². The van der Waals surface area contributed by atoms with E-state index in [-0.39, 0.29) is 0 Å². The minimum Gasteiger partial charge on any atom is -0.400 e. The van der Waals surface area contributed by atoms with Crippen molar-refractivity contribution in [3.8, 4) is 0 Å². The fourth-order valence-corrected chi connectivity index (χ4v) is 1.30. The van der Waals surface area contributed by atoms with Crippen LogP contribution in [0.5, 0.6) is 0 Å². The summed E-state index contributed by atoms with van der Waals surface area (Å²) in [5.41, 5.74) is 3.84. The van der Waals surface area contributed by atoms with Gasteiger partial charge >= 0.3 is 0 Å². The first kappa shape index (κ1) is 11.5. The van der Waals surface area contributed by atoms with E-state index in [2.05, 4.69) is 45.5 Å². The maximum atomic E-state index is 7.00. The number of aryl methyl sites for hydroxylation is 3. The molecule has 0 radical (unpaired) electrons. The molecule has 1 rings (SSSR count). The molecule has 0 aliphatic heterocycles. The Bertz CT molecular complexity index is 233. The maximum absolute atomic E-state index is 7.00. The molecule has 1 aromatic rings. The quantitative estimate of drug-likeness (QED) is 0.594. The summed E-state index contributed by atoms with van der Waals surface area (Å²) in [7, 11) is 1.00. The van der Waals surface area contributed by atoms with Gasteiger partial charge in [0.25, 0.3) is 0 Å². The Labute approximate surface area is 79.8 Å². The second-order valence-electron chi connectivity index (χ2n) is 2.75. The fourth-order valence-electron chi connectivity index (χ4n) is 1.17. The molecule has 0 heterocycles. The second kappa shape index (κ2) is 5.22. The topological polar surface area (TPSA) is 20.2 Å². The molecule has 12 heavy (non-hydrogen) atoms. The molecule has 0 atom stereocenters. The van der Waals surface area contributed by atoms with E-state index in [1.807, 2.05) is 0 Å². The van der Waals surface area contributed by atoms with Gasteiger partial charge in [0.1, 0.15) is 0 Å². The van der Waals surface area contributed by atoms with Gasteiger partial charge in [0.15, 0.2) is 0 Å². The van der Waals surface area contributed by atoms with E-state index in [1.54, 1.807) is 0 Å². The van der Waals surface area contributed by atoms with Gasteiger partial charge in [-0.1, -0.05) is 17.7 Å². The number of aliphatic hydroxyl groups is 1. The Morgan fingerprint density at radius 3 is 1.67 bits per heavy atom. The van der Waals surface area contributed by atoms with Crippen molar-refractivity contribution < 1.29 is 5.11 Å². The van der Waals surface area contributed by atoms with Crippen LogP contribution >= 0.6 is 12.6 Å². The van der Waals surface area contributed by atoms with Crippen molar-refractivity contribution >= 4 is 12.6 Å². The van der Waals surface area contributed by atoms with Gasteiger partial charge in [0, 0.05) is 12.0 Å². The van der Waals surface area contributed by atoms with Gasteiger partial charge in [-0.05, 0) is 31.9 Å². The molecule has 1 N–H and O–H groups in total. The van der Waals surface area contributed by atoms with Crippen molar-refractivity contribution in [1.29, 1.82) is 0 Å². The lowest BCUT2D eigenvalue weighted by atomic mass is 10.1. The zero-order valence-corrected chi connectivity index (χ0v) is 8.94. The molecule has 1 aromatic carbocycles. The van der Waals surface area contributed by atoms with Crippen LogP contribution in [0.25, 0.3) is 0 Å². The average Bonchev–Trinajstić information content (AvgIpc) is 2.04. The van der Waals surface area contributed by atoms with E-state index in [0.29, 0.717) is 0 Å². The molecule has 0 aliphatic rings. The zero-order valence-electron chi connectivity index (χ0n) is 8.05. The standard InChI is InChI=1S/C9H12S.CH4O/c1-6-4-7(2)9(10)8(3)5-6;1-2/h4-5,10H,1-3H3;2H,1H3. The Hall–Kier alpha value is -0.470. The Kier molecular flexibility index (Phi) is 5.02. The average molecular weight is 184 g/mol. The molecule has 0 saturated heterocycles. The summed E-state index contributed by atoms with van der Waals surface area (Å²) in [6, 6.07) is 4.30. The van der Waals surface area contributed by atoms with Gasteiger partial charge in [0.2, 0.25) is 0 Å². The maximum Gasteiger partial charge on any atom is 0.0319 e. The SMILES string of the molecule is CO.Cc1cc(C)c(S)c(C)c1. The molecule has 2 heteroatoms. The lowest BCUT2D eigenvalue weighted by Crippen LogP contribution is -1.83. The van der Waals surface area contributed by atoms with Gasteiger partial charge < -0.3 is 5.11 Å². The summed E-state index contributed by atoms with van der Waals surface area (Å²) in [5, 5.41) is 7.00. The normalized spacial score (nSPS) is 8.83. The van der Waals surface area contributed by atoms with Gasteiger partial charge in [-0.3, -0.25) is 0 Å². The lowest BCUT2D eigenvalue weighted by Gasteiger charge is -2.03. The molecule has 0 unspecified atom stereocenters. The second-order valence-corrected chi connectivity index (χ2v) is 3.19. The number of benzene rings is 1. The lowest BCUT2D eigenvalue weighted by molar-refractivity contribution is 0.399. The number of hydrogen-bond acceptors (Lipinski definition) is 2. The van der Waals surface area contributed by atoms with Gasteiger partial charge in [-0.25, -0.2) is 0 Å². The highest BCUT2D eigenvalue weighted by molar-refractivity contribution is 7.80. The molecule has 0 spiro atoms. The summed E-state index contributed by atoms with van der Waals surface area (Å²) in [5.74, 6) is 0. The zero-order chi connectivity index (χ0) is 9.72. The third-order valence-corrected chi connectivity index (χ3v) is 2.34. The highest BCUT2D eigenvalue weighted by atomic mass is 32.1. The van der Waals surface area contributed by atoms with Crippen molar-refractivity contribution in [2.75, 3.05) is 7.11 Å². The number of hydrogen-bond donors (Lipinski definition) is 2. The smallest absolute Gasteiger partial charge is 0.0319 e.